The standard InChI is InChI=1S/C52H58FN9O8/c1-27(2)44(58-51(65)67-5)48(63)60-16-7-9-39(60)46-54-24-36(56-46)30-13-14-38-33(19-30)22-41-43-35(53)21-32(23-42(43)70-50(62(38)41)31-12-11-29-15-18-69-26-34(29)20-31)37-25-55-47(57-37)40-10-8-17-61(40)49(64)45(28(3)4)59-52(66)68-6/h11-14,19-25,27-28,39-40,44-45,50H,7-10,15-18,26H2,1-6H3,(H,54,56)(H,55,57)(H,58,65)(H,59,66)/t39-,40-,44-,45-,50?/m0/s1. The van der Waals surface area contributed by atoms with Crippen molar-refractivity contribution >= 4 is 34.9 Å². The van der Waals surface area contributed by atoms with Gasteiger partial charge in [-0.1, -0.05) is 45.9 Å². The fraction of sp³-hybridized carbons (Fsp3) is 0.423. The maximum Gasteiger partial charge on any atom is 0.407 e. The van der Waals surface area contributed by atoms with Gasteiger partial charge in [0.15, 0.2) is 0 Å². The topological polar surface area (TPSA) is 198 Å². The number of fused-ring (bicyclic) bond motifs is 6. The lowest BCUT2D eigenvalue weighted by Gasteiger charge is -2.31. The number of hydrogen-bond donors (Lipinski definition) is 4. The molecule has 4 N–H and O–H groups in total. The minimum Gasteiger partial charge on any atom is -0.465 e. The number of aromatic nitrogens is 5. The highest BCUT2D eigenvalue weighted by molar-refractivity contribution is 5.93. The predicted octanol–water partition coefficient (Wildman–Crippen LogP) is 8.33. The molecule has 0 spiro atoms. The van der Waals surface area contributed by atoms with E-state index in [2.05, 4.69) is 38.8 Å². The van der Waals surface area contributed by atoms with Crippen LogP contribution in [0.4, 0.5) is 14.0 Å². The molecular formula is C52H58FN9O8. The first-order valence-electron chi connectivity index (χ1n) is 24.1. The zero-order chi connectivity index (χ0) is 49.0. The van der Waals surface area contributed by atoms with Gasteiger partial charge < -0.3 is 53.9 Å². The second-order valence-electron chi connectivity index (χ2n) is 19.3. The van der Waals surface area contributed by atoms with Crippen molar-refractivity contribution in [2.45, 2.75) is 96.8 Å². The number of alkyl carbamates (subject to hydrolysis) is 2. The molecule has 0 saturated carbocycles. The lowest BCUT2D eigenvalue weighted by atomic mass is 9.98. The number of carbonyl (C=O) groups is 4. The number of ether oxygens (including phenoxy) is 4. The van der Waals surface area contributed by atoms with Gasteiger partial charge in [-0.3, -0.25) is 9.59 Å². The summed E-state index contributed by atoms with van der Waals surface area (Å²) in [5.74, 6) is 0.359. The monoisotopic (exact) mass is 955 g/mol. The van der Waals surface area contributed by atoms with Crippen LogP contribution < -0.4 is 15.4 Å². The first-order chi connectivity index (χ1) is 33.8. The predicted molar refractivity (Wildman–Crippen MR) is 257 cm³/mol. The molecule has 5 atom stereocenters. The molecule has 10 rings (SSSR count). The Kier molecular flexibility index (Phi) is 12.6. The number of likely N-dealkylation sites (tertiary alicyclic amines) is 2. The summed E-state index contributed by atoms with van der Waals surface area (Å²) in [5, 5.41) is 6.25. The third-order valence-corrected chi connectivity index (χ3v) is 14.2. The smallest absolute Gasteiger partial charge is 0.407 e. The van der Waals surface area contributed by atoms with Crippen LogP contribution in [-0.2, 0) is 36.8 Å². The van der Waals surface area contributed by atoms with Crippen LogP contribution in [0.5, 0.6) is 5.75 Å². The molecule has 3 aromatic carbocycles. The summed E-state index contributed by atoms with van der Waals surface area (Å²) in [6.45, 7) is 9.70. The van der Waals surface area contributed by atoms with Crippen LogP contribution >= 0.6 is 0 Å². The first kappa shape index (κ1) is 46.5. The van der Waals surface area contributed by atoms with Crippen LogP contribution in [0.1, 0.15) is 100 Å². The molecule has 70 heavy (non-hydrogen) atoms. The van der Waals surface area contributed by atoms with Gasteiger partial charge in [0, 0.05) is 35.2 Å². The molecule has 2 fully saturated rings. The van der Waals surface area contributed by atoms with E-state index in [1.165, 1.54) is 25.8 Å². The van der Waals surface area contributed by atoms with Crippen molar-refractivity contribution in [3.05, 3.63) is 101 Å². The van der Waals surface area contributed by atoms with Crippen molar-refractivity contribution in [1.29, 1.82) is 0 Å². The van der Waals surface area contributed by atoms with Gasteiger partial charge in [-0.25, -0.2) is 23.9 Å². The van der Waals surface area contributed by atoms with Crippen LogP contribution in [0.3, 0.4) is 0 Å². The Hall–Kier alpha value is -7.21. The third-order valence-electron chi connectivity index (χ3n) is 14.2. The third kappa shape index (κ3) is 8.51. The first-order valence-corrected chi connectivity index (χ1v) is 24.1. The van der Waals surface area contributed by atoms with E-state index in [-0.39, 0.29) is 35.7 Å². The Morgan fingerprint density at radius 3 is 1.97 bits per heavy atom. The van der Waals surface area contributed by atoms with Crippen molar-refractivity contribution in [1.82, 2.24) is 44.9 Å². The molecule has 1 unspecified atom stereocenters. The zero-order valence-corrected chi connectivity index (χ0v) is 40.1. The minimum absolute atomic E-state index is 0.158. The number of imidazole rings is 2. The van der Waals surface area contributed by atoms with Crippen LogP contribution in [0.25, 0.3) is 44.7 Å². The number of rotatable bonds is 11. The molecule has 4 aliphatic heterocycles. The zero-order valence-electron chi connectivity index (χ0n) is 40.1. The van der Waals surface area contributed by atoms with Crippen molar-refractivity contribution in [3.8, 4) is 39.5 Å². The average Bonchev–Trinajstić information content (AvgIpc) is 4.23. The molecule has 17 nitrogen and oxygen atoms in total. The van der Waals surface area contributed by atoms with E-state index in [0.29, 0.717) is 79.1 Å². The van der Waals surface area contributed by atoms with E-state index in [9.17, 15) is 19.2 Å². The molecule has 366 valence electrons. The Labute approximate surface area is 404 Å². The van der Waals surface area contributed by atoms with Crippen molar-refractivity contribution < 1.29 is 42.5 Å². The van der Waals surface area contributed by atoms with Crippen LogP contribution in [-0.4, -0.2) is 104 Å². The summed E-state index contributed by atoms with van der Waals surface area (Å²) in [7, 11) is 2.54. The van der Waals surface area contributed by atoms with Crippen molar-refractivity contribution in [2.75, 3.05) is 33.9 Å². The number of hydrogen-bond acceptors (Lipinski definition) is 10. The van der Waals surface area contributed by atoms with E-state index >= 15 is 4.39 Å². The van der Waals surface area contributed by atoms with Gasteiger partial charge >= 0.3 is 12.2 Å². The molecule has 0 aliphatic carbocycles. The molecule has 6 aromatic rings. The number of H-pyrrole nitrogens is 2. The van der Waals surface area contributed by atoms with Gasteiger partial charge in [0.05, 0.1) is 80.1 Å². The van der Waals surface area contributed by atoms with Crippen LogP contribution in [0.2, 0.25) is 0 Å². The second-order valence-corrected chi connectivity index (χ2v) is 19.3. The number of carbonyl (C=O) groups excluding carboxylic acids is 4. The fourth-order valence-corrected chi connectivity index (χ4v) is 10.6. The molecule has 4 amide bonds. The normalized spacial score (nSPS) is 19.4. The molecule has 4 aliphatic rings. The number of methoxy groups -OCH3 is 2. The number of benzene rings is 3. The summed E-state index contributed by atoms with van der Waals surface area (Å²) in [6.07, 6.45) is 5.18. The van der Waals surface area contributed by atoms with Crippen LogP contribution in [0, 0.1) is 17.7 Å². The quantitative estimate of drug-likeness (QED) is 0.0980. The van der Waals surface area contributed by atoms with Gasteiger partial charge in [-0.05, 0) is 91.5 Å². The number of amides is 4. The molecular weight excluding hydrogens is 898 g/mol. The molecule has 7 heterocycles. The Morgan fingerprint density at radius 1 is 0.757 bits per heavy atom. The van der Waals surface area contributed by atoms with E-state index in [1.54, 1.807) is 22.2 Å². The van der Waals surface area contributed by atoms with Gasteiger partial charge in [0.2, 0.25) is 18.0 Å². The Bertz CT molecular complexity index is 3000. The molecule has 0 bridgehead atoms. The minimum atomic E-state index is -0.778. The summed E-state index contributed by atoms with van der Waals surface area (Å²) in [5.41, 5.74) is 7.70. The summed E-state index contributed by atoms with van der Waals surface area (Å²) in [4.78, 5) is 71.9. The van der Waals surface area contributed by atoms with Gasteiger partial charge in [0.25, 0.3) is 0 Å². The lowest BCUT2D eigenvalue weighted by Crippen LogP contribution is -2.51. The Balaban J connectivity index is 0.981. The summed E-state index contributed by atoms with van der Waals surface area (Å²) < 4.78 is 41.4. The van der Waals surface area contributed by atoms with Crippen molar-refractivity contribution in [3.63, 3.8) is 0 Å². The maximum absolute atomic E-state index is 17.0. The SMILES string of the molecule is COC(=O)N[C@H](C(=O)N1CCC[C@H]1c1ncc(-c2cc(F)c3c(c2)OC(c2ccc4c(c2)COCC4)n2c-3cc3cc(-c4cnc([C@@H]5CCCN5C(=O)[C@@H](NC(=O)OC)C(C)C)[nH]4)ccc32)[nH]1)C(C)C. The fourth-order valence-electron chi connectivity index (χ4n) is 10.6. The highest BCUT2D eigenvalue weighted by Gasteiger charge is 2.40. The van der Waals surface area contributed by atoms with Crippen LogP contribution in [0.15, 0.2) is 67.0 Å². The number of aromatic amines is 2. The molecule has 0 radical (unpaired) electrons. The molecule has 3 aromatic heterocycles. The van der Waals surface area contributed by atoms with E-state index < -0.39 is 36.3 Å². The van der Waals surface area contributed by atoms with Crippen molar-refractivity contribution in [2.24, 2.45) is 11.8 Å². The highest BCUT2D eigenvalue weighted by atomic mass is 19.1. The Morgan fingerprint density at radius 2 is 1.37 bits per heavy atom. The molecule has 18 heteroatoms. The van der Waals surface area contributed by atoms with Gasteiger partial charge in [0.1, 0.15) is 35.3 Å². The second kappa shape index (κ2) is 18.9. The summed E-state index contributed by atoms with van der Waals surface area (Å²) >= 11 is 0. The van der Waals surface area contributed by atoms with E-state index in [1.807, 2.05) is 62.6 Å². The average molecular weight is 956 g/mol. The number of nitrogens with zero attached hydrogens (tertiary/aromatic N) is 5. The largest absolute Gasteiger partial charge is 0.465 e. The van der Waals surface area contributed by atoms with Gasteiger partial charge in [-0.2, -0.15) is 0 Å². The lowest BCUT2D eigenvalue weighted by molar-refractivity contribution is -0.136. The van der Waals surface area contributed by atoms with E-state index in [0.717, 1.165) is 52.5 Å². The van der Waals surface area contributed by atoms with E-state index in [4.69, 9.17) is 28.9 Å². The maximum atomic E-state index is 17.0. The molecule has 2 saturated heterocycles. The highest BCUT2D eigenvalue weighted by Crippen LogP contribution is 2.48. The summed E-state index contributed by atoms with van der Waals surface area (Å²) in [6, 6.07) is 15.5. The number of halogens is 1. The van der Waals surface area contributed by atoms with Gasteiger partial charge in [-0.15, -0.1) is 0 Å². The number of nitrogens with one attached hydrogen (secondary N) is 4.